The number of nitrogens with zero attached hydrogens (tertiary/aromatic N) is 3. The molecule has 3 rings (SSSR count). The molecule has 1 N–H and O–H groups in total. The normalized spacial score (nSPS) is 16.6. The average Bonchev–Trinajstić information content (AvgIpc) is 3.18. The van der Waals surface area contributed by atoms with Gasteiger partial charge in [0.25, 0.3) is 5.91 Å². The van der Waals surface area contributed by atoms with E-state index in [-0.39, 0.29) is 19.0 Å². The maximum absolute atomic E-state index is 12.3. The Bertz CT molecular complexity index is 800. The van der Waals surface area contributed by atoms with E-state index in [1.54, 1.807) is 11.6 Å². The van der Waals surface area contributed by atoms with Crippen LogP contribution in [0.25, 0.3) is 5.69 Å². The van der Waals surface area contributed by atoms with E-state index in [4.69, 9.17) is 4.74 Å². The van der Waals surface area contributed by atoms with Gasteiger partial charge in [0, 0.05) is 0 Å². The van der Waals surface area contributed by atoms with E-state index >= 15 is 0 Å². The number of hydrogen-bond donors (Lipinski definition) is 1. The third-order valence-corrected chi connectivity index (χ3v) is 3.90. The van der Waals surface area contributed by atoms with Crippen molar-refractivity contribution >= 4 is 12.1 Å². The lowest BCUT2D eigenvalue weighted by Crippen LogP contribution is -2.34. The summed E-state index contributed by atoms with van der Waals surface area (Å²) in [5.74, 6) is 0.580. The molecule has 2 aromatic rings. The molecule has 0 spiro atoms. The standard InChI is InChI=1S/C17H20N4O4/c1-10(2)13-6-4-5-7-14(13)21-11(3)19-15(20-21)16(22)18-8-12-9-24-17(23)25-12/h4-7,10,12H,8-9H2,1-3H3,(H,18,22)/t12-/m1/s1. The molecule has 2 heterocycles. The van der Waals surface area contributed by atoms with Crippen molar-refractivity contribution in [3.05, 3.63) is 41.5 Å². The van der Waals surface area contributed by atoms with Gasteiger partial charge in [-0.3, -0.25) is 4.79 Å². The van der Waals surface area contributed by atoms with Crippen LogP contribution in [-0.4, -0.2) is 46.1 Å². The quantitative estimate of drug-likeness (QED) is 0.833. The van der Waals surface area contributed by atoms with E-state index in [1.807, 2.05) is 24.3 Å². The first kappa shape index (κ1) is 16.9. The molecule has 1 atom stereocenters. The Kier molecular flexibility index (Phi) is 4.69. The van der Waals surface area contributed by atoms with Gasteiger partial charge in [-0.2, -0.15) is 0 Å². The first-order chi connectivity index (χ1) is 12.0. The van der Waals surface area contributed by atoms with E-state index < -0.39 is 18.2 Å². The van der Waals surface area contributed by atoms with E-state index in [2.05, 4.69) is 34.0 Å². The minimum absolute atomic E-state index is 0.0706. The summed E-state index contributed by atoms with van der Waals surface area (Å²) in [7, 11) is 0. The summed E-state index contributed by atoms with van der Waals surface area (Å²) in [6, 6.07) is 7.89. The molecule has 1 aliphatic rings. The number of nitrogens with one attached hydrogen (secondary N) is 1. The molecule has 0 bridgehead atoms. The number of amides is 1. The fourth-order valence-corrected chi connectivity index (χ4v) is 2.63. The summed E-state index contributed by atoms with van der Waals surface area (Å²) in [5.41, 5.74) is 2.03. The van der Waals surface area contributed by atoms with Crippen molar-refractivity contribution in [2.24, 2.45) is 0 Å². The number of carbonyl (C=O) groups is 2. The van der Waals surface area contributed by atoms with Crippen molar-refractivity contribution in [3.8, 4) is 5.69 Å². The maximum atomic E-state index is 12.3. The Morgan fingerprint density at radius 2 is 2.16 bits per heavy atom. The molecule has 1 saturated heterocycles. The van der Waals surface area contributed by atoms with Crippen molar-refractivity contribution in [2.45, 2.75) is 32.8 Å². The summed E-state index contributed by atoms with van der Waals surface area (Å²) in [5, 5.41) is 6.99. The first-order valence-corrected chi connectivity index (χ1v) is 8.10. The number of ether oxygens (including phenoxy) is 2. The van der Waals surface area contributed by atoms with Crippen LogP contribution in [0, 0.1) is 6.92 Å². The van der Waals surface area contributed by atoms with Gasteiger partial charge in [-0.1, -0.05) is 32.0 Å². The van der Waals surface area contributed by atoms with Crippen LogP contribution in [0.5, 0.6) is 0 Å². The molecule has 0 saturated carbocycles. The molecule has 1 fully saturated rings. The lowest BCUT2D eigenvalue weighted by atomic mass is 10.0. The van der Waals surface area contributed by atoms with Gasteiger partial charge >= 0.3 is 6.16 Å². The topological polar surface area (TPSA) is 95.3 Å². The molecule has 1 aromatic heterocycles. The van der Waals surface area contributed by atoms with Crippen LogP contribution < -0.4 is 5.32 Å². The zero-order valence-corrected chi connectivity index (χ0v) is 14.4. The van der Waals surface area contributed by atoms with Gasteiger partial charge < -0.3 is 14.8 Å². The minimum atomic E-state index is -0.720. The second-order valence-electron chi connectivity index (χ2n) is 6.12. The van der Waals surface area contributed by atoms with Crippen LogP contribution in [0.3, 0.4) is 0 Å². The Balaban J connectivity index is 1.76. The summed E-state index contributed by atoms with van der Waals surface area (Å²) in [6.07, 6.45) is -1.20. The maximum Gasteiger partial charge on any atom is 0.508 e. The fraction of sp³-hybridized carbons (Fsp3) is 0.412. The van der Waals surface area contributed by atoms with Crippen molar-refractivity contribution in [3.63, 3.8) is 0 Å². The molecular weight excluding hydrogens is 324 g/mol. The molecule has 8 nitrogen and oxygen atoms in total. The highest BCUT2D eigenvalue weighted by Crippen LogP contribution is 2.23. The molecule has 1 amide bonds. The predicted molar refractivity (Wildman–Crippen MR) is 88.7 cm³/mol. The SMILES string of the molecule is Cc1nc(C(=O)NC[C@@H]2COC(=O)O2)nn1-c1ccccc1C(C)C. The molecular formula is C17H20N4O4. The van der Waals surface area contributed by atoms with Crippen LogP contribution in [0.2, 0.25) is 0 Å². The number of benzene rings is 1. The number of para-hydroxylation sites is 1. The van der Waals surface area contributed by atoms with Gasteiger partial charge in [-0.05, 0) is 24.5 Å². The van der Waals surface area contributed by atoms with E-state index in [0.29, 0.717) is 11.7 Å². The fourth-order valence-electron chi connectivity index (χ4n) is 2.63. The zero-order chi connectivity index (χ0) is 18.0. The molecule has 132 valence electrons. The Labute approximate surface area is 145 Å². The monoisotopic (exact) mass is 344 g/mol. The predicted octanol–water partition coefficient (Wildman–Crippen LogP) is 1.96. The molecule has 8 heteroatoms. The Morgan fingerprint density at radius 3 is 2.84 bits per heavy atom. The molecule has 1 aromatic carbocycles. The Morgan fingerprint density at radius 1 is 1.40 bits per heavy atom. The van der Waals surface area contributed by atoms with Gasteiger partial charge in [-0.15, -0.1) is 5.10 Å². The van der Waals surface area contributed by atoms with Crippen LogP contribution in [0.1, 0.15) is 41.8 Å². The molecule has 25 heavy (non-hydrogen) atoms. The van der Waals surface area contributed by atoms with Crippen molar-refractivity contribution in [2.75, 3.05) is 13.2 Å². The lowest BCUT2D eigenvalue weighted by molar-refractivity contribution is 0.0901. The van der Waals surface area contributed by atoms with Gasteiger partial charge in [0.05, 0.1) is 12.2 Å². The third kappa shape index (κ3) is 3.62. The summed E-state index contributed by atoms with van der Waals surface area (Å²) < 4.78 is 11.2. The first-order valence-electron chi connectivity index (χ1n) is 8.10. The van der Waals surface area contributed by atoms with Crippen molar-refractivity contribution in [1.29, 1.82) is 0 Å². The van der Waals surface area contributed by atoms with E-state index in [9.17, 15) is 9.59 Å². The summed E-state index contributed by atoms with van der Waals surface area (Å²) in [6.45, 7) is 6.28. The van der Waals surface area contributed by atoms with E-state index in [1.165, 1.54) is 0 Å². The highest BCUT2D eigenvalue weighted by Gasteiger charge is 2.26. The highest BCUT2D eigenvalue weighted by molar-refractivity contribution is 5.90. The zero-order valence-electron chi connectivity index (χ0n) is 14.4. The molecule has 0 aliphatic carbocycles. The molecule has 0 radical (unpaired) electrons. The number of aryl methyl sites for hydroxylation is 1. The summed E-state index contributed by atoms with van der Waals surface area (Å²) in [4.78, 5) is 27.4. The van der Waals surface area contributed by atoms with Crippen LogP contribution in [0.4, 0.5) is 4.79 Å². The van der Waals surface area contributed by atoms with E-state index in [0.717, 1.165) is 11.3 Å². The van der Waals surface area contributed by atoms with Gasteiger partial charge in [0.15, 0.2) is 6.10 Å². The van der Waals surface area contributed by atoms with Crippen molar-refractivity contribution < 1.29 is 19.1 Å². The second-order valence-corrected chi connectivity index (χ2v) is 6.12. The van der Waals surface area contributed by atoms with Gasteiger partial charge in [-0.25, -0.2) is 14.5 Å². The number of hydrogen-bond acceptors (Lipinski definition) is 6. The largest absolute Gasteiger partial charge is 0.508 e. The third-order valence-electron chi connectivity index (χ3n) is 3.90. The lowest BCUT2D eigenvalue weighted by Gasteiger charge is -2.12. The smallest absolute Gasteiger partial charge is 0.430 e. The average molecular weight is 344 g/mol. The number of cyclic esters (lactones) is 2. The van der Waals surface area contributed by atoms with Crippen LogP contribution in [0.15, 0.2) is 24.3 Å². The minimum Gasteiger partial charge on any atom is -0.430 e. The van der Waals surface area contributed by atoms with Crippen molar-refractivity contribution in [1.82, 2.24) is 20.1 Å². The number of carbonyl (C=O) groups excluding carboxylic acids is 2. The second kappa shape index (κ2) is 6.92. The molecule has 0 unspecified atom stereocenters. The molecule has 1 aliphatic heterocycles. The van der Waals surface area contributed by atoms with Crippen LogP contribution in [-0.2, 0) is 9.47 Å². The van der Waals surface area contributed by atoms with Gasteiger partial charge in [0.1, 0.15) is 12.4 Å². The van der Waals surface area contributed by atoms with Crippen LogP contribution >= 0.6 is 0 Å². The highest BCUT2D eigenvalue weighted by atomic mass is 16.8. The van der Waals surface area contributed by atoms with Gasteiger partial charge in [0.2, 0.25) is 5.82 Å². The summed E-state index contributed by atoms with van der Waals surface area (Å²) >= 11 is 0. The number of rotatable bonds is 5. The number of aromatic nitrogens is 3. The Hall–Kier alpha value is -2.90.